The summed E-state index contributed by atoms with van der Waals surface area (Å²) in [5.41, 5.74) is 1.73. The second kappa shape index (κ2) is 8.05. The molecule has 31 heavy (non-hydrogen) atoms. The van der Waals surface area contributed by atoms with Crippen LogP contribution in [0, 0.1) is 6.92 Å². The molecule has 0 radical (unpaired) electrons. The Morgan fingerprint density at radius 3 is 2.45 bits per heavy atom. The second-order valence-corrected chi connectivity index (χ2v) is 9.29. The van der Waals surface area contributed by atoms with Crippen molar-refractivity contribution in [2.75, 3.05) is 18.7 Å². The Labute approximate surface area is 180 Å². The number of ether oxygens (including phenoxy) is 2. The summed E-state index contributed by atoms with van der Waals surface area (Å²) in [6.45, 7) is 2.20. The van der Waals surface area contributed by atoms with E-state index in [1.165, 1.54) is 18.4 Å². The van der Waals surface area contributed by atoms with Gasteiger partial charge in [0.25, 0.3) is 0 Å². The molecule has 0 aliphatic carbocycles. The molecule has 162 valence electrons. The zero-order valence-electron chi connectivity index (χ0n) is 17.7. The van der Waals surface area contributed by atoms with Crippen LogP contribution in [0.2, 0.25) is 0 Å². The lowest BCUT2D eigenvalue weighted by atomic mass is 10.1. The molecule has 0 bridgehead atoms. The zero-order chi connectivity index (χ0) is 22.2. The van der Waals surface area contributed by atoms with Crippen LogP contribution in [-0.2, 0) is 28.4 Å². The average molecular weight is 442 g/mol. The number of hydrogen-bond donors (Lipinski definition) is 1. The number of methoxy groups -OCH3 is 1. The normalized spacial score (nSPS) is 11.7. The molecular weight excluding hydrogens is 418 g/mol. The van der Waals surface area contributed by atoms with Gasteiger partial charge in [-0.3, -0.25) is 4.68 Å². The average Bonchev–Trinajstić information content (AvgIpc) is 3.25. The fourth-order valence-electron chi connectivity index (χ4n) is 3.29. The van der Waals surface area contributed by atoms with Crippen molar-refractivity contribution in [1.29, 1.82) is 0 Å². The van der Waals surface area contributed by atoms with Gasteiger partial charge in [-0.1, -0.05) is 0 Å². The highest BCUT2D eigenvalue weighted by Crippen LogP contribution is 2.36. The lowest BCUT2D eigenvalue weighted by Crippen LogP contribution is -2.03. The van der Waals surface area contributed by atoms with Gasteiger partial charge >= 0.3 is 0 Å². The molecule has 0 unspecified atom stereocenters. The van der Waals surface area contributed by atoms with Crippen molar-refractivity contribution in [3.05, 3.63) is 54.2 Å². The highest BCUT2D eigenvalue weighted by molar-refractivity contribution is 7.90. The summed E-state index contributed by atoms with van der Waals surface area (Å²) in [4.78, 5) is 0.237. The molecule has 0 fully saturated rings. The van der Waals surface area contributed by atoms with Gasteiger partial charge in [0, 0.05) is 38.1 Å². The van der Waals surface area contributed by atoms with Crippen LogP contribution in [0.3, 0.4) is 0 Å². The first-order valence-corrected chi connectivity index (χ1v) is 11.4. The number of fused-ring (bicyclic) bond motifs is 1. The summed E-state index contributed by atoms with van der Waals surface area (Å²) >= 11 is 0. The first kappa shape index (κ1) is 20.9. The number of nitrogens with one attached hydrogen (secondary N) is 1. The van der Waals surface area contributed by atoms with E-state index in [2.05, 4.69) is 15.5 Å². The Kier molecular flexibility index (Phi) is 5.42. The third kappa shape index (κ3) is 4.39. The molecule has 0 aliphatic rings. The maximum Gasteiger partial charge on any atom is 0.175 e. The molecule has 0 spiro atoms. The van der Waals surface area contributed by atoms with Crippen LogP contribution in [0.4, 0.5) is 11.6 Å². The standard InChI is InChI=1S/C21H23N5O4S/c1-14-11-17-20(18(12-14)30-15-5-7-16(8-6-15)31(4,27)28)26(13-29-3)24-21(17)22-19-9-10-25(2)23-19/h5-12H,13H2,1-4H3,(H,22,23,24). The molecule has 4 aromatic rings. The number of hydrogen-bond acceptors (Lipinski definition) is 7. The van der Waals surface area contributed by atoms with E-state index in [1.54, 1.807) is 28.6 Å². The molecule has 0 atom stereocenters. The largest absolute Gasteiger partial charge is 0.455 e. The quantitative estimate of drug-likeness (QED) is 0.467. The van der Waals surface area contributed by atoms with Crippen molar-refractivity contribution in [3.8, 4) is 11.5 Å². The van der Waals surface area contributed by atoms with Crippen molar-refractivity contribution < 1.29 is 17.9 Å². The van der Waals surface area contributed by atoms with Gasteiger partial charge in [-0.2, -0.15) is 10.2 Å². The first-order valence-electron chi connectivity index (χ1n) is 9.49. The van der Waals surface area contributed by atoms with Crippen LogP contribution in [0.15, 0.2) is 53.6 Å². The van der Waals surface area contributed by atoms with E-state index < -0.39 is 9.84 Å². The van der Waals surface area contributed by atoms with Gasteiger partial charge in [-0.25, -0.2) is 13.1 Å². The number of sulfone groups is 1. The molecule has 1 N–H and O–H groups in total. The molecule has 4 rings (SSSR count). The molecule has 10 heteroatoms. The highest BCUT2D eigenvalue weighted by Gasteiger charge is 2.18. The van der Waals surface area contributed by atoms with Crippen LogP contribution in [0.1, 0.15) is 5.56 Å². The first-order chi connectivity index (χ1) is 14.7. The predicted molar refractivity (Wildman–Crippen MR) is 118 cm³/mol. The number of anilines is 2. The van der Waals surface area contributed by atoms with Gasteiger partial charge in [0.1, 0.15) is 18.0 Å². The van der Waals surface area contributed by atoms with Crippen LogP contribution in [-0.4, -0.2) is 41.3 Å². The fourth-order valence-corrected chi connectivity index (χ4v) is 3.92. The van der Waals surface area contributed by atoms with Gasteiger partial charge in [0.2, 0.25) is 0 Å². The number of benzene rings is 2. The molecule has 0 amide bonds. The van der Waals surface area contributed by atoms with E-state index in [-0.39, 0.29) is 11.6 Å². The summed E-state index contributed by atoms with van der Waals surface area (Å²) in [5, 5.41) is 13.1. The third-order valence-electron chi connectivity index (χ3n) is 4.64. The van der Waals surface area contributed by atoms with Crippen molar-refractivity contribution in [2.45, 2.75) is 18.6 Å². The monoisotopic (exact) mass is 441 g/mol. The fraction of sp³-hybridized carbons (Fsp3) is 0.238. The van der Waals surface area contributed by atoms with E-state index in [9.17, 15) is 8.42 Å². The molecule has 0 saturated heterocycles. The molecule has 9 nitrogen and oxygen atoms in total. The topological polar surface area (TPSA) is 100 Å². The Morgan fingerprint density at radius 2 is 1.84 bits per heavy atom. The lowest BCUT2D eigenvalue weighted by Gasteiger charge is -2.11. The maximum absolute atomic E-state index is 11.7. The minimum absolute atomic E-state index is 0.229. The minimum atomic E-state index is -3.27. The van der Waals surface area contributed by atoms with E-state index in [4.69, 9.17) is 9.47 Å². The van der Waals surface area contributed by atoms with E-state index >= 15 is 0 Å². The van der Waals surface area contributed by atoms with Crippen molar-refractivity contribution >= 4 is 32.4 Å². The minimum Gasteiger partial charge on any atom is -0.455 e. The van der Waals surface area contributed by atoms with Crippen molar-refractivity contribution in [3.63, 3.8) is 0 Å². The Hall–Kier alpha value is -3.37. The molecule has 2 aromatic carbocycles. The van der Waals surface area contributed by atoms with Crippen molar-refractivity contribution in [2.24, 2.45) is 7.05 Å². The number of aromatic nitrogens is 4. The van der Waals surface area contributed by atoms with Crippen molar-refractivity contribution in [1.82, 2.24) is 19.6 Å². The van der Waals surface area contributed by atoms with E-state index in [0.29, 0.717) is 23.1 Å². The summed E-state index contributed by atoms with van der Waals surface area (Å²) in [5.74, 6) is 2.41. The summed E-state index contributed by atoms with van der Waals surface area (Å²) in [6, 6.07) is 12.1. The van der Waals surface area contributed by atoms with Gasteiger partial charge in [-0.15, -0.1) is 0 Å². The SMILES string of the molecule is COCn1nc(Nc2ccn(C)n2)c2cc(C)cc(Oc3ccc(S(C)(=O)=O)cc3)c21. The smallest absolute Gasteiger partial charge is 0.175 e. The number of rotatable bonds is 7. The Balaban J connectivity index is 1.77. The van der Waals surface area contributed by atoms with Gasteiger partial charge in [0.15, 0.2) is 27.2 Å². The van der Waals surface area contributed by atoms with Gasteiger partial charge in [0.05, 0.1) is 4.90 Å². The molecule has 2 aromatic heterocycles. The Bertz CT molecular complexity index is 1340. The van der Waals surface area contributed by atoms with Crippen LogP contribution < -0.4 is 10.1 Å². The van der Waals surface area contributed by atoms with Crippen LogP contribution >= 0.6 is 0 Å². The van der Waals surface area contributed by atoms with E-state index in [0.717, 1.165) is 16.5 Å². The summed E-state index contributed by atoms with van der Waals surface area (Å²) in [6.07, 6.45) is 3.02. The van der Waals surface area contributed by atoms with Crippen LogP contribution in [0.25, 0.3) is 10.9 Å². The lowest BCUT2D eigenvalue weighted by molar-refractivity contribution is 0.124. The predicted octanol–water partition coefficient (Wildman–Crippen LogP) is 3.62. The Morgan fingerprint density at radius 1 is 1.10 bits per heavy atom. The molecular formula is C21H23N5O4S. The zero-order valence-corrected chi connectivity index (χ0v) is 18.5. The number of aryl methyl sites for hydroxylation is 2. The maximum atomic E-state index is 11.7. The van der Waals surface area contributed by atoms with Gasteiger partial charge in [-0.05, 0) is 48.9 Å². The molecule has 2 heterocycles. The van der Waals surface area contributed by atoms with Crippen LogP contribution in [0.5, 0.6) is 11.5 Å². The van der Waals surface area contributed by atoms with Gasteiger partial charge < -0.3 is 14.8 Å². The summed E-state index contributed by atoms with van der Waals surface area (Å²) < 4.78 is 38.3. The summed E-state index contributed by atoms with van der Waals surface area (Å²) in [7, 11) is 0.166. The highest BCUT2D eigenvalue weighted by atomic mass is 32.2. The molecule has 0 aliphatic heterocycles. The van der Waals surface area contributed by atoms with E-state index in [1.807, 2.05) is 38.4 Å². The molecule has 0 saturated carbocycles. The third-order valence-corrected chi connectivity index (χ3v) is 5.77. The number of nitrogens with zero attached hydrogens (tertiary/aromatic N) is 4. The second-order valence-electron chi connectivity index (χ2n) is 7.27.